The molecule has 0 aliphatic carbocycles. The molecule has 0 spiro atoms. The minimum atomic E-state index is -3.83. The van der Waals surface area contributed by atoms with E-state index >= 15 is 0 Å². The van der Waals surface area contributed by atoms with Gasteiger partial charge in [0.1, 0.15) is 10.7 Å². The molecular formula is C27H32N4O9S. The van der Waals surface area contributed by atoms with Gasteiger partial charge in [-0.1, -0.05) is 6.07 Å². The van der Waals surface area contributed by atoms with Crippen LogP contribution in [0, 0.1) is 10.1 Å². The first kappa shape index (κ1) is 29.7. The van der Waals surface area contributed by atoms with Gasteiger partial charge in [0.15, 0.2) is 17.3 Å². The van der Waals surface area contributed by atoms with E-state index in [0.717, 1.165) is 11.6 Å². The predicted molar refractivity (Wildman–Crippen MR) is 150 cm³/mol. The molecular weight excluding hydrogens is 556 g/mol. The van der Waals surface area contributed by atoms with Crippen molar-refractivity contribution >= 4 is 27.5 Å². The van der Waals surface area contributed by atoms with Gasteiger partial charge in [-0.15, -0.1) is 0 Å². The largest absolute Gasteiger partial charge is 0.495 e. The monoisotopic (exact) mass is 588 g/mol. The van der Waals surface area contributed by atoms with Crippen LogP contribution < -0.4 is 19.1 Å². The fourth-order valence-electron chi connectivity index (χ4n) is 4.55. The van der Waals surface area contributed by atoms with Crippen LogP contribution in [0.1, 0.15) is 16.1 Å². The number of piperazine rings is 1. The number of amides is 1. The number of benzene rings is 2. The smallest absolute Gasteiger partial charge is 0.433 e. The Labute approximate surface area is 238 Å². The number of sulfonamides is 1. The number of methoxy groups -OCH3 is 3. The van der Waals surface area contributed by atoms with Crippen molar-refractivity contribution < 1.29 is 36.8 Å². The molecule has 13 nitrogen and oxygen atoms in total. The number of furan rings is 1. The lowest BCUT2D eigenvalue weighted by atomic mass is 10.1. The Bertz CT molecular complexity index is 1510. The molecule has 14 heteroatoms. The number of likely N-dealkylation sites (N-methyl/N-ethyl adjacent to an activating group) is 1. The second-order valence-electron chi connectivity index (χ2n) is 9.27. The first-order valence-corrected chi connectivity index (χ1v) is 14.2. The highest BCUT2D eigenvalue weighted by Gasteiger charge is 2.29. The van der Waals surface area contributed by atoms with E-state index in [1.54, 1.807) is 32.4 Å². The molecule has 4 rings (SSSR count). The van der Waals surface area contributed by atoms with Crippen molar-refractivity contribution in [2.75, 3.05) is 66.0 Å². The number of rotatable bonds is 11. The molecule has 1 aliphatic rings. The summed E-state index contributed by atoms with van der Waals surface area (Å²) < 4.78 is 49.4. The van der Waals surface area contributed by atoms with Crippen LogP contribution in [0.3, 0.4) is 0 Å². The first-order chi connectivity index (χ1) is 19.6. The molecule has 1 aliphatic heterocycles. The number of nitrogens with zero attached hydrogens (tertiary/aromatic N) is 4. The molecule has 1 fully saturated rings. The maximum absolute atomic E-state index is 13.5. The lowest BCUT2D eigenvalue weighted by molar-refractivity contribution is -0.402. The summed E-state index contributed by atoms with van der Waals surface area (Å²) in [6.45, 7) is 1.63. The summed E-state index contributed by atoms with van der Waals surface area (Å²) in [6, 6.07) is 12.6. The first-order valence-electron chi connectivity index (χ1n) is 12.7. The molecule has 0 unspecified atom stereocenters. The van der Waals surface area contributed by atoms with Crippen LogP contribution in [0.15, 0.2) is 57.8 Å². The third kappa shape index (κ3) is 6.38. The summed E-state index contributed by atoms with van der Waals surface area (Å²) in [5, 5.41) is 10.9. The quantitative estimate of drug-likeness (QED) is 0.242. The van der Waals surface area contributed by atoms with Crippen LogP contribution >= 0.6 is 0 Å². The fourth-order valence-corrected chi connectivity index (χ4v) is 5.74. The zero-order valence-electron chi connectivity index (χ0n) is 23.2. The van der Waals surface area contributed by atoms with Gasteiger partial charge in [-0.2, -0.15) is 0 Å². The Hall–Kier alpha value is -4.30. The maximum atomic E-state index is 13.5. The summed E-state index contributed by atoms with van der Waals surface area (Å²) in [6.07, 6.45) is 0.466. The van der Waals surface area contributed by atoms with Gasteiger partial charge in [0.25, 0.3) is 5.91 Å². The van der Waals surface area contributed by atoms with Crippen LogP contribution in [0.25, 0.3) is 0 Å². The van der Waals surface area contributed by atoms with E-state index in [1.807, 2.05) is 17.0 Å². The molecule has 0 saturated carbocycles. The van der Waals surface area contributed by atoms with Gasteiger partial charge in [-0.05, 0) is 48.4 Å². The van der Waals surface area contributed by atoms with E-state index in [1.165, 1.54) is 35.5 Å². The summed E-state index contributed by atoms with van der Waals surface area (Å²) in [5.41, 5.74) is 1.49. The second kappa shape index (κ2) is 12.5. The highest BCUT2D eigenvalue weighted by atomic mass is 32.2. The van der Waals surface area contributed by atoms with Crippen molar-refractivity contribution in [1.82, 2.24) is 9.21 Å². The van der Waals surface area contributed by atoms with Gasteiger partial charge in [0, 0.05) is 39.8 Å². The van der Waals surface area contributed by atoms with Gasteiger partial charge in [0.05, 0.1) is 38.0 Å². The van der Waals surface area contributed by atoms with E-state index in [4.69, 9.17) is 18.6 Å². The average Bonchev–Trinajstić information content (AvgIpc) is 3.50. The number of ether oxygens (including phenoxy) is 3. The molecule has 2 heterocycles. The number of nitro groups is 1. The van der Waals surface area contributed by atoms with Gasteiger partial charge < -0.3 is 28.4 Å². The third-order valence-corrected chi connectivity index (χ3v) is 8.76. The number of carbonyl (C=O) groups is 1. The second-order valence-corrected chi connectivity index (χ2v) is 11.3. The standard InChI is InChI=1S/C27H32N4O9S/c1-28(12-11-19-5-7-23(38-3)25(17-19)39-4)41(35,36)20-6-8-22(37-2)21(18-20)29-13-15-30(16-14-29)27(32)24-9-10-26(40-24)31(33)34/h5-10,17-18H,11-16H2,1-4H3. The van der Waals surface area contributed by atoms with Crippen molar-refractivity contribution in [3.8, 4) is 17.2 Å². The topological polar surface area (TPSA) is 145 Å². The molecule has 41 heavy (non-hydrogen) atoms. The number of hydrogen-bond acceptors (Lipinski definition) is 10. The third-order valence-electron chi connectivity index (χ3n) is 6.91. The van der Waals surface area contributed by atoms with Crippen LogP contribution in [-0.4, -0.2) is 89.6 Å². The molecule has 0 radical (unpaired) electrons. The zero-order chi connectivity index (χ0) is 29.7. The number of carbonyl (C=O) groups excluding carboxylic acids is 1. The molecule has 3 aromatic rings. The summed E-state index contributed by atoms with van der Waals surface area (Å²) >= 11 is 0. The Balaban J connectivity index is 1.45. The van der Waals surface area contributed by atoms with E-state index in [9.17, 15) is 23.3 Å². The van der Waals surface area contributed by atoms with Crippen LogP contribution in [0.4, 0.5) is 11.6 Å². The zero-order valence-corrected chi connectivity index (χ0v) is 24.0. The van der Waals surface area contributed by atoms with Crippen molar-refractivity contribution in [2.45, 2.75) is 11.3 Å². The number of hydrogen-bond donors (Lipinski definition) is 0. The summed E-state index contributed by atoms with van der Waals surface area (Å²) in [5.74, 6) is 0.617. The van der Waals surface area contributed by atoms with Crippen LogP contribution in [-0.2, 0) is 16.4 Å². The highest BCUT2D eigenvalue weighted by molar-refractivity contribution is 7.89. The Morgan fingerprint density at radius 1 is 0.951 bits per heavy atom. The molecule has 1 amide bonds. The lowest BCUT2D eigenvalue weighted by Crippen LogP contribution is -2.48. The maximum Gasteiger partial charge on any atom is 0.433 e. The fraction of sp³-hybridized carbons (Fsp3) is 0.370. The molecule has 0 N–H and O–H groups in total. The Kier molecular flexibility index (Phi) is 9.03. The average molecular weight is 589 g/mol. The molecule has 0 bridgehead atoms. The minimum Gasteiger partial charge on any atom is -0.495 e. The highest BCUT2D eigenvalue weighted by Crippen LogP contribution is 2.33. The van der Waals surface area contributed by atoms with Crippen molar-refractivity contribution in [1.29, 1.82) is 0 Å². The summed E-state index contributed by atoms with van der Waals surface area (Å²) in [4.78, 5) is 26.5. The predicted octanol–water partition coefficient (Wildman–Crippen LogP) is 3.04. The SMILES string of the molecule is COc1ccc(CCN(C)S(=O)(=O)c2ccc(OC)c(N3CCN(C(=O)c4ccc([N+](=O)[O-])o4)CC3)c2)cc1OC. The Morgan fingerprint density at radius 2 is 1.61 bits per heavy atom. The van der Waals surface area contributed by atoms with Gasteiger partial charge in [-0.25, -0.2) is 12.7 Å². The summed E-state index contributed by atoms with van der Waals surface area (Å²) in [7, 11) is 2.31. The molecule has 2 aromatic carbocycles. The van der Waals surface area contributed by atoms with E-state index in [2.05, 4.69) is 0 Å². The van der Waals surface area contributed by atoms with E-state index < -0.39 is 26.7 Å². The minimum absolute atomic E-state index is 0.105. The van der Waals surface area contributed by atoms with E-state index in [0.29, 0.717) is 55.5 Å². The molecule has 220 valence electrons. The van der Waals surface area contributed by atoms with Crippen LogP contribution in [0.5, 0.6) is 17.2 Å². The van der Waals surface area contributed by atoms with Crippen LogP contribution in [0.2, 0.25) is 0 Å². The molecule has 0 atom stereocenters. The van der Waals surface area contributed by atoms with Crippen molar-refractivity contribution in [3.05, 3.63) is 70.0 Å². The molecule has 1 saturated heterocycles. The van der Waals surface area contributed by atoms with Gasteiger partial charge in [0.2, 0.25) is 10.0 Å². The van der Waals surface area contributed by atoms with Gasteiger partial charge >= 0.3 is 5.88 Å². The normalized spacial score (nSPS) is 13.8. The molecule has 1 aromatic heterocycles. The number of anilines is 1. The Morgan fingerprint density at radius 3 is 2.22 bits per heavy atom. The lowest BCUT2D eigenvalue weighted by Gasteiger charge is -2.36. The van der Waals surface area contributed by atoms with Crippen molar-refractivity contribution in [2.24, 2.45) is 0 Å². The van der Waals surface area contributed by atoms with Crippen molar-refractivity contribution in [3.63, 3.8) is 0 Å². The van der Waals surface area contributed by atoms with Gasteiger partial charge in [-0.3, -0.25) is 14.9 Å². The van der Waals surface area contributed by atoms with E-state index in [-0.39, 0.29) is 17.2 Å².